The van der Waals surface area contributed by atoms with E-state index in [4.69, 9.17) is 4.74 Å². The van der Waals surface area contributed by atoms with Crippen LogP contribution in [0.2, 0.25) is 0 Å². The van der Waals surface area contributed by atoms with E-state index in [0.29, 0.717) is 41.1 Å². The first-order chi connectivity index (χ1) is 14.1. The number of methoxy groups -OCH3 is 1. The van der Waals surface area contributed by atoms with Gasteiger partial charge in [-0.15, -0.1) is 0 Å². The van der Waals surface area contributed by atoms with Crippen molar-refractivity contribution in [1.82, 2.24) is 19.7 Å². The zero-order chi connectivity index (χ0) is 20.4. The van der Waals surface area contributed by atoms with E-state index in [1.807, 2.05) is 0 Å². The van der Waals surface area contributed by atoms with Crippen molar-refractivity contribution in [1.29, 1.82) is 0 Å². The lowest BCUT2D eigenvalue weighted by atomic mass is 10.1. The number of aromatic nitrogens is 4. The fourth-order valence-electron chi connectivity index (χ4n) is 3.40. The first-order valence-corrected chi connectivity index (χ1v) is 9.24. The van der Waals surface area contributed by atoms with Crippen LogP contribution in [-0.4, -0.2) is 45.2 Å². The maximum Gasteiger partial charge on any atom is 0.261 e. The molecule has 0 atom stereocenters. The van der Waals surface area contributed by atoms with Crippen LogP contribution < -0.4 is 20.5 Å². The average Bonchev–Trinajstić information content (AvgIpc) is 3.12. The predicted octanol–water partition coefficient (Wildman–Crippen LogP) is 1.28. The molecule has 1 aliphatic heterocycles. The van der Waals surface area contributed by atoms with Crippen molar-refractivity contribution >= 4 is 34.2 Å². The quantitative estimate of drug-likeness (QED) is 0.670. The molecule has 29 heavy (non-hydrogen) atoms. The molecule has 0 radical (unpaired) electrons. The summed E-state index contributed by atoms with van der Waals surface area (Å²) in [7, 11) is 1.54. The Balaban J connectivity index is 1.55. The molecule has 1 fully saturated rings. The second-order valence-corrected chi connectivity index (χ2v) is 6.71. The summed E-state index contributed by atoms with van der Waals surface area (Å²) in [6.45, 7) is 0.510. The van der Waals surface area contributed by atoms with Crippen molar-refractivity contribution in [2.24, 2.45) is 0 Å². The SMILES string of the molecule is COc1ccc(NC(=O)Cn2ncc3c(=O)[nH]cnc32)cc1N1CCCCC1=O. The Kier molecular flexibility index (Phi) is 4.98. The number of amides is 2. The lowest BCUT2D eigenvalue weighted by molar-refractivity contribution is -0.119. The number of aromatic amines is 1. The van der Waals surface area contributed by atoms with Gasteiger partial charge in [0.2, 0.25) is 11.8 Å². The van der Waals surface area contributed by atoms with Crippen LogP contribution in [0.3, 0.4) is 0 Å². The van der Waals surface area contributed by atoms with Gasteiger partial charge in [-0.05, 0) is 31.0 Å². The monoisotopic (exact) mass is 396 g/mol. The van der Waals surface area contributed by atoms with Crippen molar-refractivity contribution in [2.75, 3.05) is 23.9 Å². The summed E-state index contributed by atoms with van der Waals surface area (Å²) in [4.78, 5) is 44.8. The van der Waals surface area contributed by atoms with E-state index in [1.165, 1.54) is 17.2 Å². The van der Waals surface area contributed by atoms with E-state index in [-0.39, 0.29) is 23.9 Å². The van der Waals surface area contributed by atoms with Crippen LogP contribution in [0.5, 0.6) is 5.75 Å². The number of H-pyrrole nitrogens is 1. The van der Waals surface area contributed by atoms with E-state index >= 15 is 0 Å². The molecule has 1 aromatic carbocycles. The molecule has 0 spiro atoms. The van der Waals surface area contributed by atoms with E-state index < -0.39 is 0 Å². The van der Waals surface area contributed by atoms with Gasteiger partial charge in [0.25, 0.3) is 5.56 Å². The summed E-state index contributed by atoms with van der Waals surface area (Å²) in [6.07, 6.45) is 4.94. The molecule has 10 heteroatoms. The number of hydrogen-bond acceptors (Lipinski definition) is 6. The Morgan fingerprint density at radius 2 is 2.17 bits per heavy atom. The first-order valence-electron chi connectivity index (χ1n) is 9.24. The Hall–Kier alpha value is -3.69. The standard InChI is InChI=1S/C19H20N6O4/c1-29-15-6-5-12(8-14(15)24-7-3-2-4-17(24)27)23-16(26)10-25-18-13(9-22-25)19(28)21-11-20-18/h5-6,8-9,11H,2-4,7,10H2,1H3,(H,23,26)(H,20,21,28). The van der Waals surface area contributed by atoms with Gasteiger partial charge in [0.1, 0.15) is 17.7 Å². The topological polar surface area (TPSA) is 122 Å². The molecule has 1 aliphatic rings. The number of ether oxygens (including phenoxy) is 1. The molecule has 2 N–H and O–H groups in total. The van der Waals surface area contributed by atoms with Gasteiger partial charge in [-0.25, -0.2) is 9.67 Å². The average molecular weight is 396 g/mol. The normalized spacial score (nSPS) is 14.2. The Morgan fingerprint density at radius 1 is 1.31 bits per heavy atom. The number of nitrogens with one attached hydrogen (secondary N) is 2. The van der Waals surface area contributed by atoms with Crippen molar-refractivity contribution in [3.05, 3.63) is 41.1 Å². The van der Waals surface area contributed by atoms with Crippen LogP contribution >= 0.6 is 0 Å². The van der Waals surface area contributed by atoms with Crippen LogP contribution in [0.15, 0.2) is 35.5 Å². The molecule has 0 saturated carbocycles. The zero-order valence-corrected chi connectivity index (χ0v) is 15.8. The molecule has 150 valence electrons. The number of carbonyl (C=O) groups excluding carboxylic acids is 2. The van der Waals surface area contributed by atoms with E-state index in [1.54, 1.807) is 30.2 Å². The summed E-state index contributed by atoms with van der Waals surface area (Å²) in [5, 5.41) is 7.18. The molecule has 0 unspecified atom stereocenters. The minimum Gasteiger partial charge on any atom is -0.495 e. The largest absolute Gasteiger partial charge is 0.495 e. The lowest BCUT2D eigenvalue weighted by Crippen LogP contribution is -2.35. The molecular weight excluding hydrogens is 376 g/mol. The fraction of sp³-hybridized carbons (Fsp3) is 0.316. The van der Waals surface area contributed by atoms with E-state index in [2.05, 4.69) is 20.4 Å². The highest BCUT2D eigenvalue weighted by Crippen LogP contribution is 2.33. The zero-order valence-electron chi connectivity index (χ0n) is 15.8. The van der Waals surface area contributed by atoms with Crippen molar-refractivity contribution in [3.8, 4) is 5.75 Å². The van der Waals surface area contributed by atoms with Crippen LogP contribution in [0.25, 0.3) is 11.0 Å². The molecule has 2 aromatic heterocycles. The Labute approximate surface area is 165 Å². The lowest BCUT2D eigenvalue weighted by Gasteiger charge is -2.28. The number of nitrogens with zero attached hydrogens (tertiary/aromatic N) is 4. The molecule has 10 nitrogen and oxygen atoms in total. The third kappa shape index (κ3) is 3.68. The highest BCUT2D eigenvalue weighted by atomic mass is 16.5. The van der Waals surface area contributed by atoms with Gasteiger partial charge >= 0.3 is 0 Å². The number of anilines is 2. The number of benzene rings is 1. The predicted molar refractivity (Wildman–Crippen MR) is 106 cm³/mol. The molecule has 1 saturated heterocycles. The van der Waals surface area contributed by atoms with Gasteiger partial charge in [0.05, 0.1) is 25.3 Å². The third-order valence-electron chi connectivity index (χ3n) is 4.81. The summed E-state index contributed by atoms with van der Waals surface area (Å²) >= 11 is 0. The summed E-state index contributed by atoms with van der Waals surface area (Å²) in [6, 6.07) is 5.15. The molecular formula is C19H20N6O4. The second-order valence-electron chi connectivity index (χ2n) is 6.71. The number of piperidine rings is 1. The maximum absolute atomic E-state index is 12.5. The number of fused-ring (bicyclic) bond motifs is 1. The van der Waals surface area contributed by atoms with Gasteiger partial charge in [0, 0.05) is 18.7 Å². The van der Waals surface area contributed by atoms with Gasteiger partial charge in [0.15, 0.2) is 5.65 Å². The summed E-state index contributed by atoms with van der Waals surface area (Å²) < 4.78 is 6.75. The molecule has 2 amide bonds. The van der Waals surface area contributed by atoms with Crippen LogP contribution in [-0.2, 0) is 16.1 Å². The van der Waals surface area contributed by atoms with Crippen molar-refractivity contribution in [2.45, 2.75) is 25.8 Å². The number of rotatable bonds is 5. The van der Waals surface area contributed by atoms with Gasteiger partial charge in [-0.1, -0.05) is 0 Å². The van der Waals surface area contributed by atoms with Crippen LogP contribution in [0.4, 0.5) is 11.4 Å². The minimum absolute atomic E-state index is 0.0392. The van der Waals surface area contributed by atoms with E-state index in [0.717, 1.165) is 12.8 Å². The minimum atomic E-state index is -0.335. The third-order valence-corrected chi connectivity index (χ3v) is 4.81. The fourth-order valence-corrected chi connectivity index (χ4v) is 3.40. The Bertz CT molecular complexity index is 1140. The highest BCUT2D eigenvalue weighted by molar-refractivity contribution is 5.97. The van der Waals surface area contributed by atoms with Gasteiger partial charge < -0.3 is 19.9 Å². The number of carbonyl (C=O) groups is 2. The molecule has 4 rings (SSSR count). The van der Waals surface area contributed by atoms with Crippen LogP contribution in [0, 0.1) is 0 Å². The van der Waals surface area contributed by atoms with Crippen molar-refractivity contribution in [3.63, 3.8) is 0 Å². The summed E-state index contributed by atoms with van der Waals surface area (Å²) in [5.74, 6) is 0.273. The van der Waals surface area contributed by atoms with E-state index in [9.17, 15) is 14.4 Å². The van der Waals surface area contributed by atoms with Gasteiger partial charge in [-0.2, -0.15) is 5.10 Å². The maximum atomic E-state index is 12.5. The molecule has 3 aromatic rings. The first kappa shape index (κ1) is 18.7. The highest BCUT2D eigenvalue weighted by Gasteiger charge is 2.23. The number of hydrogen-bond donors (Lipinski definition) is 2. The smallest absolute Gasteiger partial charge is 0.261 e. The van der Waals surface area contributed by atoms with Gasteiger partial charge in [-0.3, -0.25) is 14.4 Å². The van der Waals surface area contributed by atoms with Crippen LogP contribution in [0.1, 0.15) is 19.3 Å². The molecule has 0 aliphatic carbocycles. The second kappa shape index (κ2) is 7.74. The molecule has 0 bridgehead atoms. The summed E-state index contributed by atoms with van der Waals surface area (Å²) in [5.41, 5.74) is 1.19. The van der Waals surface area contributed by atoms with Crippen molar-refractivity contribution < 1.29 is 14.3 Å². The molecule has 3 heterocycles. The Morgan fingerprint density at radius 3 is 2.97 bits per heavy atom.